The zero-order valence-electron chi connectivity index (χ0n) is 18.4. The number of piperazine rings is 1. The van der Waals surface area contributed by atoms with E-state index >= 15 is 0 Å². The van der Waals surface area contributed by atoms with Crippen molar-refractivity contribution in [1.82, 2.24) is 29.5 Å². The first kappa shape index (κ1) is 21.6. The molecule has 1 aliphatic heterocycles. The van der Waals surface area contributed by atoms with Gasteiger partial charge in [-0.3, -0.25) is 9.69 Å². The molecule has 9 heteroatoms. The zero-order chi connectivity index (χ0) is 22.0. The van der Waals surface area contributed by atoms with Gasteiger partial charge in [-0.1, -0.05) is 6.07 Å². The van der Waals surface area contributed by atoms with Gasteiger partial charge in [-0.05, 0) is 37.8 Å². The summed E-state index contributed by atoms with van der Waals surface area (Å²) in [6, 6.07) is 4.52. The highest BCUT2D eigenvalue weighted by atomic mass is 32.1. The fraction of sp³-hybridized carbons (Fsp3) is 0.455. The SMILES string of the molecule is COCc1c(C(=O)N2CCN(C(C)C)CC2)cnn1-c1ncc(C)c(-c2cccs2)n1. The van der Waals surface area contributed by atoms with Crippen LogP contribution in [0.4, 0.5) is 0 Å². The van der Waals surface area contributed by atoms with Crippen LogP contribution < -0.4 is 0 Å². The molecule has 0 spiro atoms. The molecule has 4 heterocycles. The first-order valence-electron chi connectivity index (χ1n) is 10.5. The summed E-state index contributed by atoms with van der Waals surface area (Å²) in [4.78, 5) is 27.9. The first-order chi connectivity index (χ1) is 15.0. The second-order valence-corrected chi connectivity index (χ2v) is 8.90. The lowest BCUT2D eigenvalue weighted by Crippen LogP contribution is -2.50. The van der Waals surface area contributed by atoms with Crippen molar-refractivity contribution in [3.63, 3.8) is 0 Å². The van der Waals surface area contributed by atoms with Crippen LogP contribution in [0.5, 0.6) is 0 Å². The minimum absolute atomic E-state index is 0.0210. The second-order valence-electron chi connectivity index (χ2n) is 7.95. The van der Waals surface area contributed by atoms with Crippen molar-refractivity contribution in [2.24, 2.45) is 0 Å². The average molecular weight is 441 g/mol. The number of amides is 1. The summed E-state index contributed by atoms with van der Waals surface area (Å²) in [6.45, 7) is 9.78. The van der Waals surface area contributed by atoms with Gasteiger partial charge in [-0.15, -0.1) is 11.3 Å². The van der Waals surface area contributed by atoms with Crippen LogP contribution in [0.15, 0.2) is 29.9 Å². The quantitative estimate of drug-likeness (QED) is 0.587. The number of nitrogens with zero attached hydrogens (tertiary/aromatic N) is 6. The summed E-state index contributed by atoms with van der Waals surface area (Å²) in [6.07, 6.45) is 3.40. The summed E-state index contributed by atoms with van der Waals surface area (Å²) in [5, 5.41) is 6.50. The van der Waals surface area contributed by atoms with E-state index in [1.54, 1.807) is 35.5 Å². The predicted molar refractivity (Wildman–Crippen MR) is 121 cm³/mol. The molecular weight excluding hydrogens is 412 g/mol. The van der Waals surface area contributed by atoms with Gasteiger partial charge >= 0.3 is 0 Å². The molecule has 1 fully saturated rings. The fourth-order valence-corrected chi connectivity index (χ4v) is 4.59. The summed E-state index contributed by atoms with van der Waals surface area (Å²) in [5.74, 6) is 0.414. The van der Waals surface area contributed by atoms with Gasteiger partial charge in [0.2, 0.25) is 0 Å². The lowest BCUT2D eigenvalue weighted by atomic mass is 10.2. The maximum Gasteiger partial charge on any atom is 0.257 e. The molecule has 164 valence electrons. The van der Waals surface area contributed by atoms with Gasteiger partial charge < -0.3 is 9.64 Å². The maximum atomic E-state index is 13.3. The first-order valence-corrected chi connectivity index (χ1v) is 11.3. The molecule has 8 nitrogen and oxygen atoms in total. The molecule has 0 aliphatic carbocycles. The van der Waals surface area contributed by atoms with Crippen molar-refractivity contribution in [3.8, 4) is 16.5 Å². The van der Waals surface area contributed by atoms with E-state index in [2.05, 4.69) is 28.8 Å². The second kappa shape index (κ2) is 9.25. The van der Waals surface area contributed by atoms with Crippen molar-refractivity contribution in [2.75, 3.05) is 33.3 Å². The predicted octanol–water partition coefficient (Wildman–Crippen LogP) is 3.01. The molecule has 0 atom stereocenters. The average Bonchev–Trinajstić information content (AvgIpc) is 3.44. The molecule has 3 aromatic heterocycles. The number of carbonyl (C=O) groups is 1. The standard InChI is InChI=1S/C22H28N6O2S/c1-15(2)26-7-9-27(10-8-26)21(29)17-13-24-28(18(17)14-30-4)22-23-12-16(3)20(25-22)19-6-5-11-31-19/h5-6,11-13,15H,7-10,14H2,1-4H3. The Balaban J connectivity index is 1.64. The third-order valence-corrected chi connectivity index (χ3v) is 6.49. The number of methoxy groups -OCH3 is 1. The number of thiophene rings is 1. The van der Waals surface area contributed by atoms with Crippen LogP contribution in [-0.2, 0) is 11.3 Å². The third-order valence-electron chi connectivity index (χ3n) is 5.62. The summed E-state index contributed by atoms with van der Waals surface area (Å²) < 4.78 is 7.03. The van der Waals surface area contributed by atoms with Crippen LogP contribution in [0.2, 0.25) is 0 Å². The third kappa shape index (κ3) is 4.39. The van der Waals surface area contributed by atoms with Crippen LogP contribution in [0.3, 0.4) is 0 Å². The highest BCUT2D eigenvalue weighted by Gasteiger charge is 2.27. The van der Waals surface area contributed by atoms with Gasteiger partial charge in [0.15, 0.2) is 0 Å². The Bertz CT molecular complexity index is 1040. The summed E-state index contributed by atoms with van der Waals surface area (Å²) >= 11 is 1.63. The van der Waals surface area contributed by atoms with Crippen molar-refractivity contribution >= 4 is 17.2 Å². The number of ether oxygens (including phenoxy) is 1. The number of aryl methyl sites for hydroxylation is 1. The molecular formula is C22H28N6O2S. The van der Waals surface area contributed by atoms with E-state index in [1.807, 2.05) is 29.3 Å². The van der Waals surface area contributed by atoms with E-state index in [4.69, 9.17) is 9.72 Å². The van der Waals surface area contributed by atoms with E-state index < -0.39 is 0 Å². The van der Waals surface area contributed by atoms with E-state index in [9.17, 15) is 4.79 Å². The molecule has 0 aromatic carbocycles. The van der Waals surface area contributed by atoms with Gasteiger partial charge in [0.05, 0.1) is 34.6 Å². The number of carbonyl (C=O) groups excluding carboxylic acids is 1. The van der Waals surface area contributed by atoms with E-state index in [0.717, 1.165) is 29.2 Å². The zero-order valence-corrected chi connectivity index (χ0v) is 19.2. The minimum atomic E-state index is -0.0210. The number of hydrogen-bond donors (Lipinski definition) is 0. The van der Waals surface area contributed by atoms with Crippen molar-refractivity contribution < 1.29 is 9.53 Å². The Hall–Kier alpha value is -2.62. The normalized spacial score (nSPS) is 15.1. The van der Waals surface area contributed by atoms with Crippen molar-refractivity contribution in [1.29, 1.82) is 0 Å². The van der Waals surface area contributed by atoms with Crippen molar-refractivity contribution in [3.05, 3.63) is 46.7 Å². The van der Waals surface area contributed by atoms with Crippen LogP contribution >= 0.6 is 11.3 Å². The van der Waals surface area contributed by atoms with Gasteiger partial charge in [-0.25, -0.2) is 9.97 Å². The molecule has 4 rings (SSSR count). The molecule has 3 aromatic rings. The van der Waals surface area contributed by atoms with Crippen molar-refractivity contribution in [2.45, 2.75) is 33.4 Å². The van der Waals surface area contributed by atoms with Crippen LogP contribution in [-0.4, -0.2) is 74.8 Å². The number of aromatic nitrogens is 4. The molecule has 1 aliphatic rings. The van der Waals surface area contributed by atoms with E-state index in [1.165, 1.54) is 0 Å². The Morgan fingerprint density at radius 3 is 2.65 bits per heavy atom. The molecule has 0 unspecified atom stereocenters. The minimum Gasteiger partial charge on any atom is -0.378 e. The lowest BCUT2D eigenvalue weighted by molar-refractivity contribution is 0.0591. The van der Waals surface area contributed by atoms with Gasteiger partial charge in [0, 0.05) is 45.5 Å². The number of rotatable bonds is 6. The maximum absolute atomic E-state index is 13.3. The van der Waals surface area contributed by atoms with Crippen LogP contribution in [0, 0.1) is 6.92 Å². The van der Waals surface area contributed by atoms with Crippen LogP contribution in [0.25, 0.3) is 16.5 Å². The largest absolute Gasteiger partial charge is 0.378 e. The van der Waals surface area contributed by atoms with Gasteiger partial charge in [-0.2, -0.15) is 9.78 Å². The molecule has 0 saturated carbocycles. The molecule has 0 bridgehead atoms. The topological polar surface area (TPSA) is 76.4 Å². The summed E-state index contributed by atoms with van der Waals surface area (Å²) in [5.41, 5.74) is 3.07. The lowest BCUT2D eigenvalue weighted by Gasteiger charge is -2.36. The Morgan fingerprint density at radius 1 is 1.23 bits per heavy atom. The highest BCUT2D eigenvalue weighted by Crippen LogP contribution is 2.26. The van der Waals surface area contributed by atoms with Gasteiger partial charge in [0.25, 0.3) is 11.9 Å². The molecule has 31 heavy (non-hydrogen) atoms. The Kier molecular flexibility index (Phi) is 6.45. The fourth-order valence-electron chi connectivity index (χ4n) is 3.81. The Labute approximate surface area is 186 Å². The monoisotopic (exact) mass is 440 g/mol. The highest BCUT2D eigenvalue weighted by molar-refractivity contribution is 7.13. The van der Waals surface area contributed by atoms with Gasteiger partial charge in [0.1, 0.15) is 0 Å². The Morgan fingerprint density at radius 2 is 2.00 bits per heavy atom. The van der Waals surface area contributed by atoms with Crippen LogP contribution in [0.1, 0.15) is 35.5 Å². The smallest absolute Gasteiger partial charge is 0.257 e. The summed E-state index contributed by atoms with van der Waals surface area (Å²) in [7, 11) is 1.61. The van der Waals surface area contributed by atoms with E-state index in [-0.39, 0.29) is 12.5 Å². The molecule has 0 N–H and O–H groups in total. The molecule has 1 saturated heterocycles. The molecule has 0 radical (unpaired) electrons. The number of hydrogen-bond acceptors (Lipinski definition) is 7. The van der Waals surface area contributed by atoms with E-state index in [0.29, 0.717) is 36.3 Å². The molecule has 1 amide bonds.